The van der Waals surface area contributed by atoms with Crippen molar-refractivity contribution < 1.29 is 24.1 Å². The van der Waals surface area contributed by atoms with E-state index in [0.29, 0.717) is 11.5 Å². The molecular formula is C11H14O5. The molecule has 0 heterocycles. The highest BCUT2D eigenvalue weighted by atomic mass is 16.5. The third-order valence-electron chi connectivity index (χ3n) is 2.15. The first-order chi connectivity index (χ1) is 7.69. The van der Waals surface area contributed by atoms with Crippen molar-refractivity contribution in [1.29, 1.82) is 0 Å². The van der Waals surface area contributed by atoms with Crippen molar-refractivity contribution >= 4 is 5.78 Å². The maximum absolute atomic E-state index is 11.4. The number of aliphatic hydroxyl groups is 1. The Morgan fingerprint density at radius 1 is 1.12 bits per heavy atom. The summed E-state index contributed by atoms with van der Waals surface area (Å²) >= 11 is 0. The highest BCUT2D eigenvalue weighted by molar-refractivity contribution is 6.00. The van der Waals surface area contributed by atoms with Gasteiger partial charge in [0.1, 0.15) is 6.61 Å². The number of rotatable bonds is 5. The lowest BCUT2D eigenvalue weighted by Gasteiger charge is -2.14. The summed E-state index contributed by atoms with van der Waals surface area (Å²) in [6.07, 6.45) is 0. The summed E-state index contributed by atoms with van der Waals surface area (Å²) < 4.78 is 15.3. The number of carbonyl (C=O) groups excluding carboxylic acids is 1. The van der Waals surface area contributed by atoms with Gasteiger partial charge in [-0.2, -0.15) is 0 Å². The Kier molecular flexibility index (Phi) is 4.13. The standard InChI is InChI=1S/C11H14O5/c1-14-9-5-4-7(8(13)6-12)10(15-2)11(9)16-3/h4-5,12H,6H2,1-3H3. The maximum atomic E-state index is 11.4. The van der Waals surface area contributed by atoms with E-state index in [-0.39, 0.29) is 11.3 Å². The molecule has 1 rings (SSSR count). The average Bonchev–Trinajstić information content (AvgIpc) is 2.35. The normalized spacial score (nSPS) is 9.75. The smallest absolute Gasteiger partial charge is 0.204 e. The zero-order chi connectivity index (χ0) is 12.1. The van der Waals surface area contributed by atoms with Crippen LogP contribution in [0.4, 0.5) is 0 Å². The van der Waals surface area contributed by atoms with Crippen LogP contribution in [0.25, 0.3) is 0 Å². The molecule has 88 valence electrons. The largest absolute Gasteiger partial charge is 0.493 e. The van der Waals surface area contributed by atoms with E-state index in [4.69, 9.17) is 19.3 Å². The quantitative estimate of drug-likeness (QED) is 0.755. The summed E-state index contributed by atoms with van der Waals surface area (Å²) in [6.45, 7) is -0.578. The van der Waals surface area contributed by atoms with Gasteiger partial charge in [-0.05, 0) is 12.1 Å². The van der Waals surface area contributed by atoms with Crippen LogP contribution in [0, 0.1) is 0 Å². The number of hydrogen-bond donors (Lipinski definition) is 1. The van der Waals surface area contributed by atoms with Gasteiger partial charge in [0, 0.05) is 0 Å². The van der Waals surface area contributed by atoms with Gasteiger partial charge in [0.05, 0.1) is 26.9 Å². The highest BCUT2D eigenvalue weighted by Crippen LogP contribution is 2.39. The number of ether oxygens (including phenoxy) is 3. The number of hydrogen-bond acceptors (Lipinski definition) is 5. The van der Waals surface area contributed by atoms with E-state index in [1.54, 1.807) is 6.07 Å². The molecule has 16 heavy (non-hydrogen) atoms. The van der Waals surface area contributed by atoms with Crippen LogP contribution in [0.1, 0.15) is 10.4 Å². The zero-order valence-electron chi connectivity index (χ0n) is 9.44. The molecule has 1 N–H and O–H groups in total. The molecule has 1 aromatic rings. The second-order valence-electron chi connectivity index (χ2n) is 2.96. The van der Waals surface area contributed by atoms with Crippen LogP contribution in [0.15, 0.2) is 12.1 Å². The fraction of sp³-hybridized carbons (Fsp3) is 0.364. The van der Waals surface area contributed by atoms with Gasteiger partial charge < -0.3 is 19.3 Å². The summed E-state index contributed by atoms with van der Waals surface area (Å²) in [6, 6.07) is 3.11. The molecule has 0 aliphatic heterocycles. The molecule has 1 aromatic carbocycles. The molecule has 0 aliphatic rings. The number of Topliss-reactive ketones (excluding diaryl/α,β-unsaturated/α-hetero) is 1. The summed E-state index contributed by atoms with van der Waals surface area (Å²) in [5.74, 6) is 0.636. The first-order valence-corrected chi connectivity index (χ1v) is 4.62. The van der Waals surface area contributed by atoms with E-state index < -0.39 is 12.4 Å². The highest BCUT2D eigenvalue weighted by Gasteiger charge is 2.19. The van der Waals surface area contributed by atoms with Gasteiger partial charge in [-0.15, -0.1) is 0 Å². The lowest BCUT2D eigenvalue weighted by molar-refractivity contribution is 0.0900. The van der Waals surface area contributed by atoms with Crippen LogP contribution >= 0.6 is 0 Å². The second kappa shape index (κ2) is 5.37. The molecule has 5 nitrogen and oxygen atoms in total. The number of methoxy groups -OCH3 is 3. The fourth-order valence-electron chi connectivity index (χ4n) is 1.41. The second-order valence-corrected chi connectivity index (χ2v) is 2.96. The van der Waals surface area contributed by atoms with Crippen molar-refractivity contribution in [2.24, 2.45) is 0 Å². The third kappa shape index (κ3) is 2.09. The van der Waals surface area contributed by atoms with Crippen LogP contribution < -0.4 is 14.2 Å². The molecule has 0 radical (unpaired) electrons. The lowest BCUT2D eigenvalue weighted by atomic mass is 10.1. The van der Waals surface area contributed by atoms with Gasteiger partial charge in [-0.1, -0.05) is 0 Å². The predicted octanol–water partition coefficient (Wildman–Crippen LogP) is 0.887. The van der Waals surface area contributed by atoms with E-state index in [9.17, 15) is 4.79 Å². The van der Waals surface area contributed by atoms with Crippen LogP contribution in [-0.4, -0.2) is 38.8 Å². The first-order valence-electron chi connectivity index (χ1n) is 4.62. The Balaban J connectivity index is 3.37. The third-order valence-corrected chi connectivity index (χ3v) is 2.15. The first kappa shape index (κ1) is 12.3. The van der Waals surface area contributed by atoms with Gasteiger partial charge in [-0.3, -0.25) is 4.79 Å². The summed E-state index contributed by atoms with van der Waals surface area (Å²) in [5, 5.41) is 8.82. The van der Waals surface area contributed by atoms with Crippen molar-refractivity contribution in [2.45, 2.75) is 0 Å². The predicted molar refractivity (Wildman–Crippen MR) is 57.5 cm³/mol. The van der Waals surface area contributed by atoms with Gasteiger partial charge in [0.2, 0.25) is 5.75 Å². The van der Waals surface area contributed by atoms with Crippen LogP contribution in [0.3, 0.4) is 0 Å². The van der Waals surface area contributed by atoms with E-state index >= 15 is 0 Å². The maximum Gasteiger partial charge on any atom is 0.204 e. The number of benzene rings is 1. The Morgan fingerprint density at radius 3 is 2.19 bits per heavy atom. The Morgan fingerprint density at radius 2 is 1.75 bits per heavy atom. The minimum absolute atomic E-state index is 0.265. The Labute approximate surface area is 93.6 Å². The van der Waals surface area contributed by atoms with Gasteiger partial charge >= 0.3 is 0 Å². The molecule has 0 saturated heterocycles. The lowest BCUT2D eigenvalue weighted by Crippen LogP contribution is -2.08. The van der Waals surface area contributed by atoms with E-state index in [1.165, 1.54) is 27.4 Å². The fourth-order valence-corrected chi connectivity index (χ4v) is 1.41. The molecule has 0 amide bonds. The van der Waals surface area contributed by atoms with Crippen LogP contribution in [0.5, 0.6) is 17.2 Å². The minimum Gasteiger partial charge on any atom is -0.493 e. The summed E-state index contributed by atoms with van der Waals surface area (Å²) in [7, 11) is 4.36. The van der Waals surface area contributed by atoms with Crippen LogP contribution in [0.2, 0.25) is 0 Å². The van der Waals surface area contributed by atoms with E-state index in [0.717, 1.165) is 0 Å². The summed E-state index contributed by atoms with van der Waals surface area (Å²) in [4.78, 5) is 11.4. The SMILES string of the molecule is COc1ccc(C(=O)CO)c(OC)c1OC. The van der Waals surface area contributed by atoms with Gasteiger partial charge in [0.15, 0.2) is 17.3 Å². The zero-order valence-corrected chi connectivity index (χ0v) is 9.44. The van der Waals surface area contributed by atoms with Crippen molar-refractivity contribution in [1.82, 2.24) is 0 Å². The Hall–Kier alpha value is -1.75. The van der Waals surface area contributed by atoms with Gasteiger partial charge in [0.25, 0.3) is 0 Å². The minimum atomic E-state index is -0.578. The monoisotopic (exact) mass is 226 g/mol. The van der Waals surface area contributed by atoms with Crippen LogP contribution in [-0.2, 0) is 0 Å². The molecule has 0 aliphatic carbocycles. The van der Waals surface area contributed by atoms with Crippen molar-refractivity contribution in [3.05, 3.63) is 17.7 Å². The molecule has 0 bridgehead atoms. The molecule has 0 saturated carbocycles. The average molecular weight is 226 g/mol. The van der Waals surface area contributed by atoms with E-state index in [1.807, 2.05) is 0 Å². The molecular weight excluding hydrogens is 212 g/mol. The summed E-state index contributed by atoms with van der Waals surface area (Å²) in [5.41, 5.74) is 0.266. The van der Waals surface area contributed by atoms with E-state index in [2.05, 4.69) is 0 Å². The molecule has 0 spiro atoms. The molecule has 0 fully saturated rings. The number of carbonyl (C=O) groups is 1. The molecule has 0 aromatic heterocycles. The molecule has 0 unspecified atom stereocenters. The topological polar surface area (TPSA) is 65.0 Å². The molecule has 5 heteroatoms. The van der Waals surface area contributed by atoms with Gasteiger partial charge in [-0.25, -0.2) is 0 Å². The van der Waals surface area contributed by atoms with Crippen molar-refractivity contribution in [3.8, 4) is 17.2 Å². The molecule has 0 atom stereocenters. The Bertz CT molecular complexity index is 386. The van der Waals surface area contributed by atoms with Crippen molar-refractivity contribution in [2.75, 3.05) is 27.9 Å². The number of ketones is 1. The number of aliphatic hydroxyl groups excluding tert-OH is 1. The van der Waals surface area contributed by atoms with Crippen molar-refractivity contribution in [3.63, 3.8) is 0 Å².